The van der Waals surface area contributed by atoms with Crippen molar-refractivity contribution in [3.8, 4) is 0 Å². The molecule has 1 atom stereocenters. The molecule has 1 aliphatic heterocycles. The molecule has 12 heavy (non-hydrogen) atoms. The van der Waals surface area contributed by atoms with Crippen LogP contribution in [0.5, 0.6) is 0 Å². The number of rotatable bonds is 0. The highest BCUT2D eigenvalue weighted by Crippen LogP contribution is 2.00. The van der Waals surface area contributed by atoms with Gasteiger partial charge in [0.15, 0.2) is 0 Å². The van der Waals surface area contributed by atoms with Gasteiger partial charge >= 0.3 is 0 Å². The number of hydrogen-bond donors (Lipinski definition) is 1. The van der Waals surface area contributed by atoms with Gasteiger partial charge in [-0.1, -0.05) is 18.2 Å². The summed E-state index contributed by atoms with van der Waals surface area (Å²) in [5, 5.41) is 2.79. The average Bonchev–Trinajstić information content (AvgIpc) is 2.25. The standard InChI is InChI=1S/C9H8N2O/c12-9-5-6-10-7-3-1-2-4-8(7)11-9/h1-6,8H,(H,11,12)/q+1. The van der Waals surface area contributed by atoms with Crippen molar-refractivity contribution in [2.45, 2.75) is 6.04 Å². The van der Waals surface area contributed by atoms with E-state index in [1.165, 1.54) is 12.3 Å². The summed E-state index contributed by atoms with van der Waals surface area (Å²) in [6, 6.07) is -0.0579. The first-order valence-corrected chi connectivity index (χ1v) is 3.76. The van der Waals surface area contributed by atoms with Crippen LogP contribution in [0.4, 0.5) is 0 Å². The van der Waals surface area contributed by atoms with Crippen LogP contribution in [0.2, 0.25) is 0 Å². The minimum Gasteiger partial charge on any atom is -0.336 e. The largest absolute Gasteiger partial charge is 0.336 e. The molecule has 0 aromatic rings. The molecule has 1 radical (unpaired) electrons. The third-order valence-electron chi connectivity index (χ3n) is 1.75. The van der Waals surface area contributed by atoms with Gasteiger partial charge in [-0.2, -0.15) is 0 Å². The zero-order chi connectivity index (χ0) is 8.39. The molecule has 2 rings (SSSR count). The van der Waals surface area contributed by atoms with E-state index < -0.39 is 0 Å². The van der Waals surface area contributed by atoms with Crippen molar-refractivity contribution in [2.75, 3.05) is 0 Å². The molecule has 0 saturated heterocycles. The van der Waals surface area contributed by atoms with Crippen LogP contribution < -0.4 is 10.3 Å². The van der Waals surface area contributed by atoms with Crippen LogP contribution >= 0.6 is 0 Å². The summed E-state index contributed by atoms with van der Waals surface area (Å²) < 4.78 is 0. The van der Waals surface area contributed by atoms with E-state index in [0.717, 1.165) is 5.71 Å². The summed E-state index contributed by atoms with van der Waals surface area (Å²) in [7, 11) is 0. The fourth-order valence-corrected chi connectivity index (χ4v) is 1.17. The van der Waals surface area contributed by atoms with E-state index in [4.69, 9.17) is 0 Å². The van der Waals surface area contributed by atoms with Crippen LogP contribution in [0.25, 0.3) is 0 Å². The summed E-state index contributed by atoms with van der Waals surface area (Å²) in [4.78, 5) is 15.1. The van der Waals surface area contributed by atoms with E-state index in [1.54, 1.807) is 0 Å². The Morgan fingerprint density at radius 1 is 1.33 bits per heavy atom. The lowest BCUT2D eigenvalue weighted by Crippen LogP contribution is -2.38. The molecule has 0 bridgehead atoms. The lowest BCUT2D eigenvalue weighted by atomic mass is 10.1. The first-order chi connectivity index (χ1) is 5.86. The van der Waals surface area contributed by atoms with Gasteiger partial charge in [0.1, 0.15) is 6.04 Å². The van der Waals surface area contributed by atoms with Crippen molar-refractivity contribution < 1.29 is 4.79 Å². The number of hydrogen-bond acceptors (Lipinski definition) is 2. The minimum atomic E-state index is -0.0984. The quantitative estimate of drug-likeness (QED) is 0.528. The van der Waals surface area contributed by atoms with Gasteiger partial charge < -0.3 is 5.32 Å². The molecular weight excluding hydrogens is 152 g/mol. The molecule has 0 aromatic heterocycles. The van der Waals surface area contributed by atoms with Gasteiger partial charge in [-0.25, -0.2) is 0 Å². The topological polar surface area (TPSA) is 43.2 Å². The number of allylic oxidation sites excluding steroid dienone is 2. The molecule has 0 fully saturated rings. The average molecular weight is 160 g/mol. The lowest BCUT2D eigenvalue weighted by molar-refractivity contribution is -0.116. The van der Waals surface area contributed by atoms with Gasteiger partial charge in [0, 0.05) is 6.08 Å². The molecule has 0 saturated carbocycles. The fourth-order valence-electron chi connectivity index (χ4n) is 1.17. The maximum Gasteiger partial charge on any atom is 0.280 e. The van der Waals surface area contributed by atoms with Gasteiger partial charge in [0.05, 0.1) is 11.1 Å². The molecule has 59 valence electrons. The molecule has 1 aliphatic carbocycles. The van der Waals surface area contributed by atoms with Crippen LogP contribution in [0.15, 0.2) is 36.6 Å². The second-order valence-electron chi connectivity index (χ2n) is 2.60. The Labute approximate surface area is 70.2 Å². The van der Waals surface area contributed by atoms with Crippen molar-refractivity contribution in [3.63, 3.8) is 0 Å². The van der Waals surface area contributed by atoms with Crippen molar-refractivity contribution in [1.29, 1.82) is 0 Å². The Bertz CT molecular complexity index is 323. The maximum absolute atomic E-state index is 11.0. The predicted molar refractivity (Wildman–Crippen MR) is 46.5 cm³/mol. The van der Waals surface area contributed by atoms with Crippen LogP contribution in [-0.2, 0) is 4.79 Å². The van der Waals surface area contributed by atoms with E-state index in [9.17, 15) is 4.79 Å². The van der Waals surface area contributed by atoms with Gasteiger partial charge in [0.25, 0.3) is 11.6 Å². The summed E-state index contributed by atoms with van der Waals surface area (Å²) in [6.45, 7) is 0. The Balaban J connectivity index is 2.31. The molecule has 3 nitrogen and oxygen atoms in total. The SMILES string of the molecule is O=C1C=C[N+]=C2C=CC=CC2N1. The van der Waals surface area contributed by atoms with E-state index >= 15 is 0 Å². The highest BCUT2D eigenvalue weighted by atomic mass is 16.1. The maximum atomic E-state index is 11.0. The predicted octanol–water partition coefficient (Wildman–Crippen LogP) is -0.0987. The highest BCUT2D eigenvalue weighted by molar-refractivity contribution is 6.05. The lowest BCUT2D eigenvalue weighted by Gasteiger charge is -2.07. The Morgan fingerprint density at radius 2 is 2.25 bits per heavy atom. The molecule has 0 aromatic carbocycles. The fraction of sp³-hybridized carbons (Fsp3) is 0.111. The summed E-state index contributed by atoms with van der Waals surface area (Å²) in [5.74, 6) is -0.0984. The molecular formula is C9H8N2O+. The third-order valence-corrected chi connectivity index (χ3v) is 1.75. The number of carbonyl (C=O) groups is 1. The smallest absolute Gasteiger partial charge is 0.280 e. The normalized spacial score (nSPS) is 25.8. The molecule has 1 unspecified atom stereocenters. The number of carbonyl (C=O) groups excluding carboxylic acids is 1. The second kappa shape index (κ2) is 2.77. The van der Waals surface area contributed by atoms with E-state index in [2.05, 4.69) is 10.3 Å². The van der Waals surface area contributed by atoms with Crippen LogP contribution in [0.1, 0.15) is 0 Å². The summed E-state index contributed by atoms with van der Waals surface area (Å²) >= 11 is 0. The molecule has 0 spiro atoms. The number of aliphatic imine (C=N–C) groups is 1. The van der Waals surface area contributed by atoms with Gasteiger partial charge in [-0.3, -0.25) is 4.79 Å². The Kier molecular flexibility index (Phi) is 1.63. The molecule has 1 amide bonds. The molecule has 2 aliphatic rings. The van der Waals surface area contributed by atoms with Crippen molar-refractivity contribution in [1.82, 2.24) is 10.3 Å². The van der Waals surface area contributed by atoms with E-state index in [0.29, 0.717) is 0 Å². The summed E-state index contributed by atoms with van der Waals surface area (Å²) in [5.41, 5.74) is 0.875. The third kappa shape index (κ3) is 1.21. The van der Waals surface area contributed by atoms with Crippen molar-refractivity contribution in [3.05, 3.63) is 36.6 Å². The Morgan fingerprint density at radius 3 is 3.17 bits per heavy atom. The van der Waals surface area contributed by atoms with E-state index in [-0.39, 0.29) is 11.9 Å². The highest BCUT2D eigenvalue weighted by Gasteiger charge is 2.24. The first kappa shape index (κ1) is 7.03. The summed E-state index contributed by atoms with van der Waals surface area (Å²) in [6.07, 6.45) is 10.5. The molecule has 1 heterocycles. The van der Waals surface area contributed by atoms with E-state index in [1.807, 2.05) is 24.3 Å². The number of nitrogens with one attached hydrogen (secondary N) is 1. The Hall–Kier alpha value is -1.64. The number of nitrogens with zero attached hydrogens (tertiary/aromatic N) is 1. The number of fused-ring (bicyclic) bond motifs is 1. The monoisotopic (exact) mass is 160 g/mol. The molecule has 3 heteroatoms. The van der Waals surface area contributed by atoms with Crippen molar-refractivity contribution >= 4 is 11.6 Å². The first-order valence-electron chi connectivity index (χ1n) is 3.76. The van der Waals surface area contributed by atoms with Crippen LogP contribution in [0.3, 0.4) is 0 Å². The van der Waals surface area contributed by atoms with Gasteiger partial charge in [-0.05, 0) is 0 Å². The number of amides is 1. The van der Waals surface area contributed by atoms with Gasteiger partial charge in [0.2, 0.25) is 6.20 Å². The molecule has 1 N–H and O–H groups in total. The minimum absolute atomic E-state index is 0.0579. The zero-order valence-electron chi connectivity index (χ0n) is 6.40. The second-order valence-corrected chi connectivity index (χ2v) is 2.60. The van der Waals surface area contributed by atoms with Crippen LogP contribution in [0, 0.1) is 0 Å². The zero-order valence-corrected chi connectivity index (χ0v) is 6.40. The van der Waals surface area contributed by atoms with Crippen LogP contribution in [-0.4, -0.2) is 17.7 Å². The van der Waals surface area contributed by atoms with Gasteiger partial charge in [-0.15, -0.1) is 0 Å². The van der Waals surface area contributed by atoms with Crippen molar-refractivity contribution in [2.24, 2.45) is 0 Å².